The Balaban J connectivity index is 0.00000169. The molecule has 80 valence electrons. The molecule has 0 saturated carbocycles. The molecule has 0 atom stereocenters. The van der Waals surface area contributed by atoms with Gasteiger partial charge < -0.3 is 5.32 Å². The van der Waals surface area contributed by atoms with Gasteiger partial charge in [0.05, 0.1) is 11.9 Å². The van der Waals surface area contributed by atoms with Gasteiger partial charge in [-0.25, -0.2) is 4.68 Å². The molecule has 0 aliphatic rings. The largest absolute Gasteiger partial charge is 0.384 e. The van der Waals surface area contributed by atoms with Crippen molar-refractivity contribution >= 4 is 29.7 Å². The first-order valence-electron chi connectivity index (χ1n) is 4.07. The van der Waals surface area contributed by atoms with Crippen LogP contribution in [-0.4, -0.2) is 22.2 Å². The Hall–Kier alpha value is -0.740. The highest BCUT2D eigenvalue weighted by Gasteiger charge is 1.94. The highest BCUT2D eigenvalue weighted by molar-refractivity contribution is 6.17. The third kappa shape index (κ3) is 3.98. The van der Waals surface area contributed by atoms with E-state index in [0.717, 1.165) is 18.7 Å². The summed E-state index contributed by atoms with van der Waals surface area (Å²) < 4.78 is 1.28. The van der Waals surface area contributed by atoms with E-state index in [9.17, 15) is 4.79 Å². The molecule has 0 aromatic carbocycles. The summed E-state index contributed by atoms with van der Waals surface area (Å²) in [6.45, 7) is 0.762. The molecule has 1 N–H and O–H groups in total. The van der Waals surface area contributed by atoms with E-state index in [0.29, 0.717) is 5.88 Å². The summed E-state index contributed by atoms with van der Waals surface area (Å²) in [5, 5.41) is 6.92. The standard InChI is InChI=1S/C8H12ClN3O.ClH/c1-12-8(13)5-7(6-11-12)10-4-2-3-9;/h5-6,10H,2-4H2,1H3;1H. The molecule has 0 radical (unpaired) electrons. The summed E-state index contributed by atoms with van der Waals surface area (Å²) >= 11 is 5.50. The van der Waals surface area contributed by atoms with E-state index < -0.39 is 0 Å². The third-order valence-electron chi connectivity index (χ3n) is 1.61. The van der Waals surface area contributed by atoms with E-state index >= 15 is 0 Å². The van der Waals surface area contributed by atoms with Gasteiger partial charge in [-0.05, 0) is 6.42 Å². The summed E-state index contributed by atoms with van der Waals surface area (Å²) in [6.07, 6.45) is 2.49. The fourth-order valence-corrected chi connectivity index (χ4v) is 0.999. The predicted molar refractivity (Wildman–Crippen MR) is 60.6 cm³/mol. The van der Waals surface area contributed by atoms with Gasteiger partial charge in [-0.1, -0.05) is 0 Å². The minimum Gasteiger partial charge on any atom is -0.384 e. The van der Waals surface area contributed by atoms with Gasteiger partial charge in [0.1, 0.15) is 0 Å². The van der Waals surface area contributed by atoms with E-state index in [1.165, 1.54) is 10.7 Å². The first-order chi connectivity index (χ1) is 6.24. The summed E-state index contributed by atoms with van der Waals surface area (Å²) in [6, 6.07) is 1.52. The van der Waals surface area contributed by atoms with Crippen LogP contribution in [0.25, 0.3) is 0 Å². The number of alkyl halides is 1. The van der Waals surface area contributed by atoms with Crippen molar-refractivity contribution in [2.75, 3.05) is 17.7 Å². The van der Waals surface area contributed by atoms with Crippen molar-refractivity contribution in [3.63, 3.8) is 0 Å². The number of aryl methyl sites for hydroxylation is 1. The molecular weight excluding hydrogens is 225 g/mol. The first kappa shape index (κ1) is 13.3. The summed E-state index contributed by atoms with van der Waals surface area (Å²) in [4.78, 5) is 11.1. The number of hydrogen-bond donors (Lipinski definition) is 1. The number of nitrogens with one attached hydrogen (secondary N) is 1. The lowest BCUT2D eigenvalue weighted by atomic mass is 10.4. The molecule has 0 aliphatic carbocycles. The zero-order valence-corrected chi connectivity index (χ0v) is 9.44. The average molecular weight is 238 g/mol. The Morgan fingerprint density at radius 2 is 2.36 bits per heavy atom. The van der Waals surface area contributed by atoms with E-state index in [1.54, 1.807) is 13.2 Å². The molecule has 0 spiro atoms. The van der Waals surface area contributed by atoms with Crippen molar-refractivity contribution in [2.24, 2.45) is 7.05 Å². The Bertz CT molecular complexity index is 327. The monoisotopic (exact) mass is 237 g/mol. The zero-order chi connectivity index (χ0) is 9.68. The molecule has 14 heavy (non-hydrogen) atoms. The SMILES string of the molecule is Cl.Cn1ncc(NCCCCl)cc1=O. The quantitative estimate of drug-likeness (QED) is 0.634. The molecule has 6 heteroatoms. The van der Waals surface area contributed by atoms with Gasteiger partial charge in [-0.2, -0.15) is 5.10 Å². The van der Waals surface area contributed by atoms with Gasteiger partial charge in [-0.15, -0.1) is 24.0 Å². The summed E-state index contributed by atoms with van der Waals surface area (Å²) in [7, 11) is 1.62. The van der Waals surface area contributed by atoms with Crippen molar-refractivity contribution in [1.29, 1.82) is 0 Å². The number of anilines is 1. The molecule has 4 nitrogen and oxygen atoms in total. The second-order valence-corrected chi connectivity index (χ2v) is 3.05. The topological polar surface area (TPSA) is 46.9 Å². The lowest BCUT2D eigenvalue weighted by Crippen LogP contribution is -2.19. The van der Waals surface area contributed by atoms with Crippen LogP contribution in [0, 0.1) is 0 Å². The Morgan fingerprint density at radius 1 is 1.64 bits per heavy atom. The van der Waals surface area contributed by atoms with Crippen LogP contribution in [0.5, 0.6) is 0 Å². The molecule has 0 bridgehead atoms. The van der Waals surface area contributed by atoms with Gasteiger partial charge in [-0.3, -0.25) is 4.79 Å². The maximum atomic E-state index is 11.1. The molecule has 0 aliphatic heterocycles. The fourth-order valence-electron chi connectivity index (χ4n) is 0.866. The van der Waals surface area contributed by atoms with Crippen LogP contribution in [0.15, 0.2) is 17.1 Å². The summed E-state index contributed by atoms with van der Waals surface area (Å²) in [5.74, 6) is 0.616. The molecule has 1 rings (SSSR count). The molecular formula is C8H13Cl2N3O. The van der Waals surface area contributed by atoms with Gasteiger partial charge in [0.2, 0.25) is 0 Å². The van der Waals surface area contributed by atoms with E-state index in [4.69, 9.17) is 11.6 Å². The normalized spacial score (nSPS) is 9.29. The van der Waals surface area contributed by atoms with E-state index in [2.05, 4.69) is 10.4 Å². The zero-order valence-electron chi connectivity index (χ0n) is 7.86. The van der Waals surface area contributed by atoms with Gasteiger partial charge in [0.15, 0.2) is 0 Å². The molecule has 1 aromatic heterocycles. The second kappa shape index (κ2) is 6.68. The van der Waals surface area contributed by atoms with Crippen molar-refractivity contribution in [2.45, 2.75) is 6.42 Å². The Kier molecular flexibility index (Phi) is 6.32. The molecule has 0 saturated heterocycles. The van der Waals surface area contributed by atoms with Crippen molar-refractivity contribution in [3.8, 4) is 0 Å². The van der Waals surface area contributed by atoms with Crippen LogP contribution in [0.4, 0.5) is 5.69 Å². The minimum atomic E-state index is -0.115. The van der Waals surface area contributed by atoms with Crippen LogP contribution in [0.3, 0.4) is 0 Å². The highest BCUT2D eigenvalue weighted by atomic mass is 35.5. The molecule has 1 heterocycles. The first-order valence-corrected chi connectivity index (χ1v) is 4.60. The molecule has 0 unspecified atom stereocenters. The van der Waals surface area contributed by atoms with E-state index in [-0.39, 0.29) is 18.0 Å². The van der Waals surface area contributed by atoms with Crippen LogP contribution < -0.4 is 10.9 Å². The minimum absolute atomic E-state index is 0. The van der Waals surface area contributed by atoms with E-state index in [1.807, 2.05) is 0 Å². The highest BCUT2D eigenvalue weighted by Crippen LogP contribution is 1.99. The van der Waals surface area contributed by atoms with Crippen LogP contribution >= 0.6 is 24.0 Å². The predicted octanol–water partition coefficient (Wildman–Crippen LogP) is 1.24. The smallest absolute Gasteiger partial charge is 0.268 e. The lowest BCUT2D eigenvalue weighted by Gasteiger charge is -2.03. The Labute approximate surface area is 93.7 Å². The second-order valence-electron chi connectivity index (χ2n) is 2.68. The van der Waals surface area contributed by atoms with Crippen molar-refractivity contribution in [1.82, 2.24) is 9.78 Å². The third-order valence-corrected chi connectivity index (χ3v) is 1.87. The van der Waals surface area contributed by atoms with Crippen molar-refractivity contribution in [3.05, 3.63) is 22.6 Å². The maximum Gasteiger partial charge on any atom is 0.268 e. The average Bonchev–Trinajstić information content (AvgIpc) is 2.12. The van der Waals surface area contributed by atoms with Gasteiger partial charge >= 0.3 is 0 Å². The Morgan fingerprint density at radius 3 is 2.93 bits per heavy atom. The van der Waals surface area contributed by atoms with Crippen LogP contribution in [0.1, 0.15) is 6.42 Å². The van der Waals surface area contributed by atoms with Crippen LogP contribution in [-0.2, 0) is 7.05 Å². The number of aromatic nitrogens is 2. The molecule has 0 amide bonds. The number of halogens is 2. The maximum absolute atomic E-state index is 11.1. The van der Waals surface area contributed by atoms with Crippen molar-refractivity contribution < 1.29 is 0 Å². The fraction of sp³-hybridized carbons (Fsp3) is 0.500. The molecule has 0 fully saturated rings. The number of hydrogen-bond acceptors (Lipinski definition) is 3. The summed E-state index contributed by atoms with van der Waals surface area (Å²) in [5.41, 5.74) is 0.629. The van der Waals surface area contributed by atoms with Crippen LogP contribution in [0.2, 0.25) is 0 Å². The van der Waals surface area contributed by atoms with Gasteiger partial charge in [0, 0.05) is 25.5 Å². The molecule has 1 aromatic rings. The number of rotatable bonds is 4. The van der Waals surface area contributed by atoms with Gasteiger partial charge in [0.25, 0.3) is 5.56 Å². The number of nitrogens with zero attached hydrogens (tertiary/aromatic N) is 2. The lowest BCUT2D eigenvalue weighted by molar-refractivity contribution is 0.707.